The maximum atomic E-state index is 11.1. The van der Waals surface area contributed by atoms with E-state index in [4.69, 9.17) is 5.73 Å². The molecule has 0 spiro atoms. The molecule has 27 heavy (non-hydrogen) atoms. The molecule has 0 heterocycles. The Bertz CT molecular complexity index is 1140. The van der Waals surface area contributed by atoms with Crippen molar-refractivity contribution in [1.82, 2.24) is 0 Å². The van der Waals surface area contributed by atoms with Crippen molar-refractivity contribution in [1.29, 1.82) is 10.5 Å². The van der Waals surface area contributed by atoms with Crippen molar-refractivity contribution in [3.8, 4) is 34.4 Å². The summed E-state index contributed by atoms with van der Waals surface area (Å²) in [6, 6.07) is 19.0. The first-order chi connectivity index (χ1) is 13.0. The number of nitriles is 2. The lowest BCUT2D eigenvalue weighted by Crippen LogP contribution is -2.01. The van der Waals surface area contributed by atoms with Gasteiger partial charge in [-0.25, -0.2) is 0 Å². The summed E-state index contributed by atoms with van der Waals surface area (Å²) in [6.45, 7) is 0. The fraction of sp³-hybridized carbons (Fsp3) is 0. The van der Waals surface area contributed by atoms with Crippen LogP contribution in [0.3, 0.4) is 0 Å². The van der Waals surface area contributed by atoms with Crippen LogP contribution in [0.1, 0.15) is 11.1 Å². The highest BCUT2D eigenvalue weighted by atomic mass is 79.9. The van der Waals surface area contributed by atoms with Gasteiger partial charge in [-0.1, -0.05) is 40.2 Å². The van der Waals surface area contributed by atoms with Gasteiger partial charge >= 0.3 is 0 Å². The average molecular weight is 419 g/mol. The van der Waals surface area contributed by atoms with Gasteiger partial charge < -0.3 is 5.73 Å². The summed E-state index contributed by atoms with van der Waals surface area (Å²) in [6.07, 6.45) is 0. The van der Waals surface area contributed by atoms with Gasteiger partial charge in [-0.15, -0.1) is 0 Å². The largest absolute Gasteiger partial charge is 0.397 e. The Kier molecular flexibility index (Phi) is 4.89. The Hall–Kier alpha value is -3.68. The average Bonchev–Trinajstić information content (AvgIpc) is 2.68. The normalized spacial score (nSPS) is 10.0. The number of benzene rings is 3. The van der Waals surface area contributed by atoms with E-state index in [1.54, 1.807) is 18.2 Å². The Morgan fingerprint density at radius 2 is 1.52 bits per heavy atom. The van der Waals surface area contributed by atoms with Gasteiger partial charge in [0.25, 0.3) is 5.69 Å². The molecule has 0 amide bonds. The van der Waals surface area contributed by atoms with Gasteiger partial charge in [0.05, 0.1) is 21.7 Å². The van der Waals surface area contributed by atoms with E-state index >= 15 is 0 Å². The van der Waals surface area contributed by atoms with Crippen molar-refractivity contribution in [2.45, 2.75) is 0 Å². The van der Waals surface area contributed by atoms with Gasteiger partial charge in [0.2, 0.25) is 0 Å². The van der Waals surface area contributed by atoms with Crippen molar-refractivity contribution >= 4 is 27.3 Å². The molecule has 3 rings (SSSR count). The summed E-state index contributed by atoms with van der Waals surface area (Å²) in [5, 5.41) is 30.2. The molecule has 0 aliphatic heterocycles. The van der Waals surface area contributed by atoms with Crippen molar-refractivity contribution in [2.24, 2.45) is 0 Å². The van der Waals surface area contributed by atoms with Crippen LogP contribution < -0.4 is 5.73 Å². The van der Waals surface area contributed by atoms with E-state index in [-0.39, 0.29) is 22.5 Å². The molecule has 0 saturated carbocycles. The molecular weight excluding hydrogens is 408 g/mol. The third-order valence-electron chi connectivity index (χ3n) is 4.11. The molecule has 0 atom stereocenters. The second-order valence-corrected chi connectivity index (χ2v) is 6.59. The van der Waals surface area contributed by atoms with E-state index in [1.165, 1.54) is 12.1 Å². The number of hydrogen-bond acceptors (Lipinski definition) is 5. The summed E-state index contributed by atoms with van der Waals surface area (Å²) >= 11 is 3.37. The number of nitro benzene ring substituents is 1. The summed E-state index contributed by atoms with van der Waals surface area (Å²) in [5.74, 6) is 0. The number of nitro groups is 1. The van der Waals surface area contributed by atoms with E-state index < -0.39 is 4.92 Å². The molecule has 7 heteroatoms. The smallest absolute Gasteiger partial charge is 0.270 e. The summed E-state index contributed by atoms with van der Waals surface area (Å²) in [5.41, 5.74) is 8.63. The summed E-state index contributed by atoms with van der Waals surface area (Å²) in [4.78, 5) is 10.6. The number of nitrogens with zero attached hydrogens (tertiary/aromatic N) is 3. The van der Waals surface area contributed by atoms with Gasteiger partial charge in [0, 0.05) is 27.7 Å². The zero-order valence-electron chi connectivity index (χ0n) is 13.8. The Morgan fingerprint density at radius 1 is 0.926 bits per heavy atom. The Morgan fingerprint density at radius 3 is 2.07 bits per heavy atom. The topological polar surface area (TPSA) is 117 Å². The number of halogens is 1. The molecule has 2 N–H and O–H groups in total. The van der Waals surface area contributed by atoms with Crippen molar-refractivity contribution in [3.63, 3.8) is 0 Å². The van der Waals surface area contributed by atoms with E-state index in [0.29, 0.717) is 16.7 Å². The lowest BCUT2D eigenvalue weighted by atomic mass is 9.89. The van der Waals surface area contributed by atoms with Gasteiger partial charge in [0.1, 0.15) is 12.1 Å². The van der Waals surface area contributed by atoms with E-state index in [2.05, 4.69) is 22.0 Å². The maximum Gasteiger partial charge on any atom is 0.270 e. The van der Waals surface area contributed by atoms with Crippen LogP contribution >= 0.6 is 15.9 Å². The minimum absolute atomic E-state index is 0.0573. The fourth-order valence-corrected chi connectivity index (χ4v) is 3.08. The number of hydrogen-bond donors (Lipinski definition) is 1. The molecule has 0 saturated heterocycles. The molecule has 0 aliphatic carbocycles. The minimum Gasteiger partial charge on any atom is -0.397 e. The highest BCUT2D eigenvalue weighted by Gasteiger charge is 2.19. The first kappa shape index (κ1) is 18.1. The van der Waals surface area contributed by atoms with Gasteiger partial charge in [-0.2, -0.15) is 10.5 Å². The van der Waals surface area contributed by atoms with Crippen molar-refractivity contribution < 1.29 is 4.92 Å². The number of anilines is 1. The molecule has 0 unspecified atom stereocenters. The second kappa shape index (κ2) is 7.28. The van der Waals surface area contributed by atoms with Gasteiger partial charge in [-0.05, 0) is 29.3 Å². The molecule has 0 fully saturated rings. The molecule has 6 nitrogen and oxygen atoms in total. The molecule has 0 bridgehead atoms. The monoisotopic (exact) mass is 418 g/mol. The zero-order valence-corrected chi connectivity index (χ0v) is 15.4. The summed E-state index contributed by atoms with van der Waals surface area (Å²) < 4.78 is 0.880. The number of non-ortho nitro benzene ring substituents is 1. The highest BCUT2D eigenvalue weighted by Crippen LogP contribution is 2.38. The molecule has 0 aliphatic rings. The van der Waals surface area contributed by atoms with Crippen molar-refractivity contribution in [2.75, 3.05) is 5.73 Å². The number of rotatable bonds is 3. The van der Waals surface area contributed by atoms with Crippen molar-refractivity contribution in [3.05, 3.63) is 80.3 Å². The zero-order chi connectivity index (χ0) is 19.6. The Balaban J connectivity index is 2.34. The SMILES string of the molecule is N#Cc1c(-c2ccc(Br)cc2)cc(-c2cccc([N+](=O)[O-])c2)c(C#N)c1N. The van der Waals surface area contributed by atoms with Gasteiger partial charge in [0.15, 0.2) is 0 Å². The third kappa shape index (κ3) is 3.37. The molecular formula is C20H11BrN4O2. The molecule has 0 aromatic heterocycles. The van der Waals surface area contributed by atoms with Crippen LogP contribution in [0.5, 0.6) is 0 Å². The molecule has 130 valence electrons. The van der Waals surface area contributed by atoms with E-state index in [0.717, 1.165) is 10.0 Å². The molecule has 0 radical (unpaired) electrons. The lowest BCUT2D eigenvalue weighted by molar-refractivity contribution is -0.384. The summed E-state index contributed by atoms with van der Waals surface area (Å²) in [7, 11) is 0. The van der Waals surface area contributed by atoms with Crippen LogP contribution in [0.15, 0.2) is 59.1 Å². The highest BCUT2D eigenvalue weighted by molar-refractivity contribution is 9.10. The molecule has 3 aromatic carbocycles. The predicted molar refractivity (Wildman–Crippen MR) is 106 cm³/mol. The Labute approximate surface area is 163 Å². The second-order valence-electron chi connectivity index (χ2n) is 5.67. The minimum atomic E-state index is -0.502. The van der Waals surface area contributed by atoms with Gasteiger partial charge in [-0.3, -0.25) is 10.1 Å². The number of nitrogen functional groups attached to an aromatic ring is 1. The lowest BCUT2D eigenvalue weighted by Gasteiger charge is -2.14. The first-order valence-electron chi connectivity index (χ1n) is 7.73. The quantitative estimate of drug-likeness (QED) is 0.364. The predicted octanol–water partition coefficient (Wildman–Crippen LogP) is 5.02. The maximum absolute atomic E-state index is 11.1. The van der Waals surface area contributed by atoms with Crippen LogP contribution in [0.25, 0.3) is 22.3 Å². The fourth-order valence-electron chi connectivity index (χ4n) is 2.82. The van der Waals surface area contributed by atoms with E-state index in [1.807, 2.05) is 30.3 Å². The first-order valence-corrected chi connectivity index (χ1v) is 8.53. The van der Waals surface area contributed by atoms with Crippen LogP contribution in [0.2, 0.25) is 0 Å². The number of nitrogens with two attached hydrogens (primary N) is 1. The standard InChI is InChI=1S/C20H11BrN4O2/c21-14-6-4-12(5-7-14)16-9-17(19(11-23)20(24)18(16)10-22)13-2-1-3-15(8-13)25(26)27/h1-9H,24H2. The van der Waals surface area contributed by atoms with E-state index in [9.17, 15) is 20.6 Å². The molecule has 3 aromatic rings. The third-order valence-corrected chi connectivity index (χ3v) is 4.64. The van der Waals surface area contributed by atoms with Crippen LogP contribution in [-0.4, -0.2) is 4.92 Å². The van der Waals surface area contributed by atoms with Crippen LogP contribution in [0.4, 0.5) is 11.4 Å². The van der Waals surface area contributed by atoms with Crippen LogP contribution in [-0.2, 0) is 0 Å². The van der Waals surface area contributed by atoms with Crippen LogP contribution in [0, 0.1) is 32.8 Å².